The van der Waals surface area contributed by atoms with E-state index in [2.05, 4.69) is 0 Å². The molecule has 1 saturated heterocycles. The zero-order chi connectivity index (χ0) is 11.3. The van der Waals surface area contributed by atoms with Gasteiger partial charge >= 0.3 is 0 Å². The molecule has 1 aliphatic heterocycles. The number of hydrogen-bond acceptors (Lipinski definition) is 3. The van der Waals surface area contributed by atoms with Crippen LogP contribution < -0.4 is 0 Å². The Hall–Kier alpha value is -0.900. The Balaban J connectivity index is 2.29. The first kappa shape index (κ1) is 12.2. The van der Waals surface area contributed by atoms with Crippen LogP contribution in [0.2, 0.25) is 0 Å². The molecule has 1 aliphatic rings. The quantitative estimate of drug-likeness (QED) is 0.691. The van der Waals surface area contributed by atoms with Crippen molar-refractivity contribution in [1.29, 1.82) is 0 Å². The molecule has 1 unspecified atom stereocenters. The molecule has 0 saturated carbocycles. The number of carbonyl (C=O) groups excluding carboxylic acids is 2. The van der Waals surface area contributed by atoms with Crippen molar-refractivity contribution >= 4 is 11.8 Å². The zero-order valence-corrected chi connectivity index (χ0v) is 9.24. The van der Waals surface area contributed by atoms with Crippen LogP contribution in [0.25, 0.3) is 0 Å². The number of rotatable bonds is 5. The lowest BCUT2D eigenvalue weighted by Crippen LogP contribution is -2.40. The van der Waals surface area contributed by atoms with Crippen LogP contribution >= 0.6 is 0 Å². The average Bonchev–Trinajstić information content (AvgIpc) is 2.22. The van der Waals surface area contributed by atoms with E-state index < -0.39 is 0 Å². The summed E-state index contributed by atoms with van der Waals surface area (Å²) in [5.74, 6) is 0.172. The summed E-state index contributed by atoms with van der Waals surface area (Å²) in [5, 5.41) is 8.83. The number of imide groups is 1. The number of carbonyl (C=O) groups is 2. The smallest absolute Gasteiger partial charge is 0.229 e. The van der Waals surface area contributed by atoms with E-state index in [1.54, 1.807) is 0 Å². The van der Waals surface area contributed by atoms with Crippen molar-refractivity contribution in [3.8, 4) is 0 Å². The van der Waals surface area contributed by atoms with Crippen LogP contribution in [0.5, 0.6) is 0 Å². The molecule has 0 radical (unpaired) electrons. The minimum atomic E-state index is -0.0390. The highest BCUT2D eigenvalue weighted by Gasteiger charge is 2.24. The number of hydrogen-bond donors (Lipinski definition) is 1. The lowest BCUT2D eigenvalue weighted by molar-refractivity contribution is -0.148. The minimum Gasteiger partial charge on any atom is -0.396 e. The molecule has 86 valence electrons. The Morgan fingerprint density at radius 1 is 1.33 bits per heavy atom. The molecule has 1 heterocycles. The van der Waals surface area contributed by atoms with Crippen molar-refractivity contribution in [3.05, 3.63) is 0 Å². The average molecular weight is 213 g/mol. The number of aliphatic hydroxyl groups excluding tert-OH is 1. The minimum absolute atomic E-state index is 0.0390. The largest absolute Gasteiger partial charge is 0.396 e. The Labute approximate surface area is 90.3 Å². The van der Waals surface area contributed by atoms with E-state index in [1.165, 1.54) is 4.90 Å². The topological polar surface area (TPSA) is 57.6 Å². The van der Waals surface area contributed by atoms with Crippen LogP contribution in [-0.4, -0.2) is 35.0 Å². The van der Waals surface area contributed by atoms with Crippen LogP contribution in [0.4, 0.5) is 0 Å². The van der Waals surface area contributed by atoms with Crippen LogP contribution in [0.3, 0.4) is 0 Å². The molecule has 0 spiro atoms. The molecule has 1 atom stereocenters. The van der Waals surface area contributed by atoms with Gasteiger partial charge < -0.3 is 5.11 Å². The van der Waals surface area contributed by atoms with Crippen LogP contribution in [-0.2, 0) is 9.59 Å². The van der Waals surface area contributed by atoms with E-state index >= 15 is 0 Å². The first-order chi connectivity index (χ1) is 7.15. The Morgan fingerprint density at radius 3 is 2.47 bits per heavy atom. The summed E-state index contributed by atoms with van der Waals surface area (Å²) in [4.78, 5) is 24.2. The van der Waals surface area contributed by atoms with Gasteiger partial charge in [0.05, 0.1) is 0 Å². The van der Waals surface area contributed by atoms with Crippen molar-refractivity contribution in [2.24, 2.45) is 5.92 Å². The van der Waals surface area contributed by atoms with Crippen molar-refractivity contribution in [3.63, 3.8) is 0 Å². The molecule has 15 heavy (non-hydrogen) atoms. The molecule has 2 amide bonds. The molecule has 1 rings (SSSR count). The summed E-state index contributed by atoms with van der Waals surface area (Å²) >= 11 is 0. The number of aliphatic hydroxyl groups is 1. The molecular formula is C11H19NO3. The molecule has 0 aliphatic carbocycles. The fourth-order valence-corrected chi connectivity index (χ4v) is 1.74. The normalized spacial score (nSPS) is 19.5. The Bertz CT molecular complexity index is 224. The Kier molecular flexibility index (Phi) is 4.75. The van der Waals surface area contributed by atoms with Gasteiger partial charge in [-0.05, 0) is 25.2 Å². The predicted octanol–water partition coefficient (Wildman–Crippen LogP) is 0.934. The second-order valence-corrected chi connectivity index (χ2v) is 4.22. The van der Waals surface area contributed by atoms with Crippen molar-refractivity contribution in [2.75, 3.05) is 13.2 Å². The van der Waals surface area contributed by atoms with E-state index in [1.807, 2.05) is 6.92 Å². The molecule has 4 heteroatoms. The van der Waals surface area contributed by atoms with Gasteiger partial charge in [0.25, 0.3) is 0 Å². The van der Waals surface area contributed by atoms with Gasteiger partial charge in [-0.25, -0.2) is 0 Å². The maximum atomic E-state index is 11.4. The van der Waals surface area contributed by atoms with E-state index in [4.69, 9.17) is 5.11 Å². The zero-order valence-electron chi connectivity index (χ0n) is 9.24. The monoisotopic (exact) mass is 213 g/mol. The van der Waals surface area contributed by atoms with Crippen molar-refractivity contribution in [1.82, 2.24) is 4.90 Å². The predicted molar refractivity (Wildman–Crippen MR) is 56.1 cm³/mol. The fraction of sp³-hybridized carbons (Fsp3) is 0.818. The van der Waals surface area contributed by atoms with Gasteiger partial charge in [-0.3, -0.25) is 14.5 Å². The van der Waals surface area contributed by atoms with E-state index in [0.717, 1.165) is 12.8 Å². The number of nitrogens with zero attached hydrogens (tertiary/aromatic N) is 1. The summed E-state index contributed by atoms with van der Waals surface area (Å²) < 4.78 is 0. The Morgan fingerprint density at radius 2 is 1.93 bits per heavy atom. The number of piperidine rings is 1. The highest BCUT2D eigenvalue weighted by Crippen LogP contribution is 2.14. The summed E-state index contributed by atoms with van der Waals surface area (Å²) in [5.41, 5.74) is 0. The molecule has 1 N–H and O–H groups in total. The van der Waals surface area contributed by atoms with E-state index in [0.29, 0.717) is 25.8 Å². The summed E-state index contributed by atoms with van der Waals surface area (Å²) in [7, 11) is 0. The SMILES string of the molecule is CC(CO)CCCN1C(=O)CCCC1=O. The second-order valence-electron chi connectivity index (χ2n) is 4.22. The molecule has 0 aromatic heterocycles. The van der Waals surface area contributed by atoms with Gasteiger partial charge in [0.2, 0.25) is 11.8 Å². The van der Waals surface area contributed by atoms with Gasteiger partial charge in [0.1, 0.15) is 0 Å². The third-order valence-corrected chi connectivity index (χ3v) is 2.77. The summed E-state index contributed by atoms with van der Waals surface area (Å²) in [6.07, 6.45) is 3.34. The lowest BCUT2D eigenvalue weighted by atomic mass is 10.1. The maximum absolute atomic E-state index is 11.4. The summed E-state index contributed by atoms with van der Waals surface area (Å²) in [6, 6.07) is 0. The highest BCUT2D eigenvalue weighted by molar-refractivity contribution is 5.97. The van der Waals surface area contributed by atoms with Gasteiger partial charge in [-0.2, -0.15) is 0 Å². The standard InChI is InChI=1S/C11H19NO3/c1-9(8-13)4-3-7-12-10(14)5-2-6-11(12)15/h9,13H,2-8H2,1H3. The van der Waals surface area contributed by atoms with Crippen LogP contribution in [0.1, 0.15) is 39.0 Å². The third-order valence-electron chi connectivity index (χ3n) is 2.77. The van der Waals surface area contributed by atoms with Gasteiger partial charge in [0, 0.05) is 26.0 Å². The first-order valence-corrected chi connectivity index (χ1v) is 5.59. The second kappa shape index (κ2) is 5.85. The summed E-state index contributed by atoms with van der Waals surface area (Å²) in [6.45, 7) is 2.64. The maximum Gasteiger partial charge on any atom is 0.229 e. The number of likely N-dealkylation sites (tertiary alicyclic amines) is 1. The van der Waals surface area contributed by atoms with Gasteiger partial charge in [0.15, 0.2) is 0 Å². The van der Waals surface area contributed by atoms with Crippen LogP contribution in [0.15, 0.2) is 0 Å². The van der Waals surface area contributed by atoms with Gasteiger partial charge in [-0.15, -0.1) is 0 Å². The van der Waals surface area contributed by atoms with Gasteiger partial charge in [-0.1, -0.05) is 6.92 Å². The van der Waals surface area contributed by atoms with Crippen molar-refractivity contribution in [2.45, 2.75) is 39.0 Å². The van der Waals surface area contributed by atoms with E-state index in [9.17, 15) is 9.59 Å². The fourth-order valence-electron chi connectivity index (χ4n) is 1.74. The molecule has 0 aromatic rings. The third kappa shape index (κ3) is 3.63. The highest BCUT2D eigenvalue weighted by atomic mass is 16.3. The van der Waals surface area contributed by atoms with Crippen molar-refractivity contribution < 1.29 is 14.7 Å². The van der Waals surface area contributed by atoms with Crippen LogP contribution in [0, 0.1) is 5.92 Å². The first-order valence-electron chi connectivity index (χ1n) is 5.59. The lowest BCUT2D eigenvalue weighted by Gasteiger charge is -2.25. The van der Waals surface area contributed by atoms with E-state index in [-0.39, 0.29) is 24.3 Å². The molecular weight excluding hydrogens is 194 g/mol. The molecule has 0 bridgehead atoms. The molecule has 0 aromatic carbocycles. The number of amides is 2. The molecule has 4 nitrogen and oxygen atoms in total. The molecule has 1 fully saturated rings.